The summed E-state index contributed by atoms with van der Waals surface area (Å²) in [7, 11) is 0. The summed E-state index contributed by atoms with van der Waals surface area (Å²) in [6.07, 6.45) is 1.18. The third kappa shape index (κ3) is 1.41. The number of hydrogen-bond donors (Lipinski definition) is 1. The molecule has 0 radical (unpaired) electrons. The van der Waals surface area contributed by atoms with Gasteiger partial charge < -0.3 is 10.2 Å². The smallest absolute Gasteiger partial charge is 0.312 e. The number of aromatic nitrogens is 2. The molecule has 0 aliphatic rings. The van der Waals surface area contributed by atoms with Gasteiger partial charge in [-0.15, -0.1) is 17.5 Å². The molecule has 0 amide bonds. The van der Waals surface area contributed by atoms with Gasteiger partial charge in [-0.05, 0) is 0 Å². The Labute approximate surface area is 46.1 Å². The van der Waals surface area contributed by atoms with Gasteiger partial charge in [0.05, 0.1) is 0 Å². The summed E-state index contributed by atoms with van der Waals surface area (Å²) in [5, 5.41) is 6.56. The highest BCUT2D eigenvalue weighted by atomic mass is 35.5. The zero-order valence-electron chi connectivity index (χ0n) is 3.37. The summed E-state index contributed by atoms with van der Waals surface area (Å²) in [5.74, 6) is 0. The Morgan fingerprint density at radius 2 is 2.43 bits per heavy atom. The number of rotatable bonds is 0. The topological polar surface area (TPSA) is 64.9 Å². The minimum Gasteiger partial charge on any atom is -0.411 e. The molecule has 1 rings (SSSR count). The summed E-state index contributed by atoms with van der Waals surface area (Å²) >= 11 is 0. The van der Waals surface area contributed by atoms with E-state index in [0.29, 0.717) is 0 Å². The molecular weight excluding hydrogens is 117 g/mol. The summed E-state index contributed by atoms with van der Waals surface area (Å²) in [6, 6.07) is 0.106. The maximum Gasteiger partial charge on any atom is 0.312 e. The molecule has 0 aliphatic heterocycles. The Kier molecular flexibility index (Phi) is 2.15. The van der Waals surface area contributed by atoms with E-state index in [1.807, 2.05) is 0 Å². The molecule has 0 aromatic carbocycles. The molecule has 0 aliphatic carbocycles. The van der Waals surface area contributed by atoms with E-state index in [9.17, 15) is 0 Å². The number of nitrogens with two attached hydrogens (primary N) is 1. The molecule has 0 saturated carbocycles. The lowest BCUT2D eigenvalue weighted by Crippen LogP contribution is -1.81. The van der Waals surface area contributed by atoms with Crippen LogP contribution in [0.5, 0.6) is 0 Å². The third-order valence-electron chi connectivity index (χ3n) is 0.377. The quantitative estimate of drug-likeness (QED) is 0.528. The molecule has 1 aromatic heterocycles. The lowest BCUT2D eigenvalue weighted by atomic mass is 11.2. The highest BCUT2D eigenvalue weighted by molar-refractivity contribution is 5.85. The second-order valence-electron chi connectivity index (χ2n) is 0.777. The molecule has 1 aromatic rings. The zero-order chi connectivity index (χ0) is 4.41. The molecule has 5 heteroatoms. The van der Waals surface area contributed by atoms with Crippen LogP contribution in [0.1, 0.15) is 0 Å². The molecule has 1 heterocycles. The number of nitrogen functional groups attached to an aromatic ring is 1. The van der Waals surface area contributed by atoms with Crippen LogP contribution in [0.3, 0.4) is 0 Å². The van der Waals surface area contributed by atoms with E-state index in [1.54, 1.807) is 0 Å². The van der Waals surface area contributed by atoms with Gasteiger partial charge in [0.2, 0.25) is 6.39 Å². The largest absolute Gasteiger partial charge is 0.411 e. The van der Waals surface area contributed by atoms with Crippen LogP contribution in [0.25, 0.3) is 0 Å². The van der Waals surface area contributed by atoms with Crippen LogP contribution in [0.4, 0.5) is 6.01 Å². The van der Waals surface area contributed by atoms with Crippen molar-refractivity contribution in [3.63, 3.8) is 0 Å². The first-order valence-electron chi connectivity index (χ1n) is 1.41. The van der Waals surface area contributed by atoms with Crippen molar-refractivity contribution in [1.29, 1.82) is 0 Å². The highest BCUT2D eigenvalue weighted by Crippen LogP contribution is 1.85. The van der Waals surface area contributed by atoms with Crippen molar-refractivity contribution in [2.75, 3.05) is 5.73 Å². The van der Waals surface area contributed by atoms with Crippen LogP contribution in [0, 0.1) is 0 Å². The monoisotopic (exact) mass is 121 g/mol. The van der Waals surface area contributed by atoms with Gasteiger partial charge in [0.1, 0.15) is 0 Å². The molecule has 4 nitrogen and oxygen atoms in total. The molecule has 0 atom stereocenters. The van der Waals surface area contributed by atoms with Crippen LogP contribution >= 0.6 is 12.4 Å². The van der Waals surface area contributed by atoms with Crippen molar-refractivity contribution in [1.82, 2.24) is 10.2 Å². The van der Waals surface area contributed by atoms with Crippen LogP contribution in [-0.2, 0) is 0 Å². The number of halogens is 1. The van der Waals surface area contributed by atoms with Gasteiger partial charge in [0, 0.05) is 0 Å². The fourth-order valence-electron chi connectivity index (χ4n) is 0.182. The summed E-state index contributed by atoms with van der Waals surface area (Å²) in [4.78, 5) is 0. The van der Waals surface area contributed by atoms with E-state index in [4.69, 9.17) is 5.73 Å². The standard InChI is InChI=1S/C2H3N3O.ClH/c3-2-5-4-1-6-2;/h1H,(H2,3,5);1H. The Bertz CT molecular complexity index is 116. The minimum absolute atomic E-state index is 0. The van der Waals surface area contributed by atoms with E-state index in [0.717, 1.165) is 0 Å². The lowest BCUT2D eigenvalue weighted by molar-refractivity contribution is 0.574. The maximum atomic E-state index is 4.94. The van der Waals surface area contributed by atoms with Crippen LogP contribution in [0.2, 0.25) is 0 Å². The van der Waals surface area contributed by atoms with Gasteiger partial charge in [-0.1, -0.05) is 5.10 Å². The van der Waals surface area contributed by atoms with Crippen molar-refractivity contribution in [3.05, 3.63) is 6.39 Å². The number of hydrogen-bond acceptors (Lipinski definition) is 4. The Morgan fingerprint density at radius 1 is 1.71 bits per heavy atom. The fraction of sp³-hybridized carbons (Fsp3) is 0. The lowest BCUT2D eigenvalue weighted by Gasteiger charge is -1.65. The third-order valence-corrected chi connectivity index (χ3v) is 0.377. The molecular formula is C2H4ClN3O. The molecule has 0 bridgehead atoms. The summed E-state index contributed by atoms with van der Waals surface area (Å²) in [6.45, 7) is 0. The second-order valence-corrected chi connectivity index (χ2v) is 0.777. The van der Waals surface area contributed by atoms with Crippen LogP contribution in [-0.4, -0.2) is 10.2 Å². The van der Waals surface area contributed by atoms with Crippen molar-refractivity contribution in [3.8, 4) is 0 Å². The van der Waals surface area contributed by atoms with E-state index in [2.05, 4.69) is 14.6 Å². The average Bonchev–Trinajstić information content (AvgIpc) is 1.86. The first kappa shape index (κ1) is 6.23. The first-order valence-corrected chi connectivity index (χ1v) is 1.41. The normalized spacial score (nSPS) is 7.43. The molecule has 0 spiro atoms. The predicted octanol–water partition coefficient (Wildman–Crippen LogP) is 0.0736. The van der Waals surface area contributed by atoms with Crippen molar-refractivity contribution >= 4 is 18.4 Å². The van der Waals surface area contributed by atoms with E-state index in [-0.39, 0.29) is 18.4 Å². The molecule has 40 valence electrons. The average molecular weight is 122 g/mol. The molecule has 0 unspecified atom stereocenters. The maximum absolute atomic E-state index is 4.94. The van der Waals surface area contributed by atoms with E-state index < -0.39 is 0 Å². The van der Waals surface area contributed by atoms with Crippen LogP contribution < -0.4 is 5.73 Å². The van der Waals surface area contributed by atoms with Crippen LogP contribution in [0.15, 0.2) is 10.8 Å². The molecule has 7 heavy (non-hydrogen) atoms. The van der Waals surface area contributed by atoms with Crippen molar-refractivity contribution < 1.29 is 4.42 Å². The second kappa shape index (κ2) is 2.41. The van der Waals surface area contributed by atoms with E-state index >= 15 is 0 Å². The van der Waals surface area contributed by atoms with Gasteiger partial charge in [0.25, 0.3) is 0 Å². The molecule has 0 saturated heterocycles. The molecule has 0 fully saturated rings. The van der Waals surface area contributed by atoms with Gasteiger partial charge in [0.15, 0.2) is 0 Å². The number of nitrogens with zero attached hydrogens (tertiary/aromatic N) is 2. The van der Waals surface area contributed by atoms with Gasteiger partial charge in [-0.3, -0.25) is 0 Å². The Balaban J connectivity index is 0.000000360. The minimum atomic E-state index is 0. The first-order chi connectivity index (χ1) is 2.89. The fourth-order valence-corrected chi connectivity index (χ4v) is 0.182. The van der Waals surface area contributed by atoms with Crippen molar-refractivity contribution in [2.45, 2.75) is 0 Å². The van der Waals surface area contributed by atoms with Gasteiger partial charge in [-0.25, -0.2) is 0 Å². The predicted molar refractivity (Wildman–Crippen MR) is 26.0 cm³/mol. The van der Waals surface area contributed by atoms with Crippen molar-refractivity contribution in [2.24, 2.45) is 0 Å². The molecule has 2 N–H and O–H groups in total. The van der Waals surface area contributed by atoms with Gasteiger partial charge in [-0.2, -0.15) is 0 Å². The number of anilines is 1. The summed E-state index contributed by atoms with van der Waals surface area (Å²) in [5.41, 5.74) is 4.94. The Morgan fingerprint density at radius 3 is 2.57 bits per heavy atom. The van der Waals surface area contributed by atoms with Gasteiger partial charge >= 0.3 is 6.01 Å². The SMILES string of the molecule is Cl.Nc1nnco1. The highest BCUT2D eigenvalue weighted by Gasteiger charge is 1.80. The zero-order valence-corrected chi connectivity index (χ0v) is 4.18. The van der Waals surface area contributed by atoms with E-state index in [1.165, 1.54) is 6.39 Å². The summed E-state index contributed by atoms with van der Waals surface area (Å²) < 4.78 is 4.39. The Hall–Kier alpha value is -0.770.